The molecule has 1 fully saturated rings. The molecule has 1 aliphatic rings. The van der Waals surface area contributed by atoms with E-state index in [0.717, 1.165) is 6.42 Å². The van der Waals surface area contributed by atoms with Crippen molar-refractivity contribution in [2.75, 3.05) is 13.1 Å². The molecule has 2 unspecified atom stereocenters. The minimum absolute atomic E-state index is 0.211. The molecule has 1 rings (SSSR count). The maximum Gasteiger partial charge on any atom is 0.326 e. The SMILES string of the molecule is C=CCN(C(=O)N1CCC(C)CC1C(=O)O)C(C)(C)C. The van der Waals surface area contributed by atoms with E-state index in [1.165, 1.54) is 4.90 Å². The van der Waals surface area contributed by atoms with Crippen LogP contribution < -0.4 is 0 Å². The van der Waals surface area contributed by atoms with Crippen LogP contribution >= 0.6 is 0 Å². The van der Waals surface area contributed by atoms with Crippen LogP contribution in [0.25, 0.3) is 0 Å². The quantitative estimate of drug-likeness (QED) is 0.809. The molecule has 0 aliphatic carbocycles. The first-order chi connectivity index (χ1) is 9.18. The normalized spacial score (nSPS) is 23.3. The summed E-state index contributed by atoms with van der Waals surface area (Å²) in [5.74, 6) is -0.583. The van der Waals surface area contributed by atoms with Crippen molar-refractivity contribution in [3.63, 3.8) is 0 Å². The van der Waals surface area contributed by atoms with Crippen molar-refractivity contribution in [2.24, 2.45) is 5.92 Å². The Balaban J connectivity index is 2.97. The molecule has 5 heteroatoms. The van der Waals surface area contributed by atoms with Gasteiger partial charge < -0.3 is 14.9 Å². The van der Waals surface area contributed by atoms with Crippen molar-refractivity contribution < 1.29 is 14.7 Å². The monoisotopic (exact) mass is 282 g/mol. The smallest absolute Gasteiger partial charge is 0.326 e. The Morgan fingerprint density at radius 2 is 2.05 bits per heavy atom. The van der Waals surface area contributed by atoms with Gasteiger partial charge in [-0.1, -0.05) is 13.0 Å². The maximum atomic E-state index is 12.7. The van der Waals surface area contributed by atoms with Crippen LogP contribution in [0, 0.1) is 5.92 Å². The van der Waals surface area contributed by atoms with Crippen molar-refractivity contribution in [1.29, 1.82) is 0 Å². The zero-order valence-electron chi connectivity index (χ0n) is 12.9. The lowest BCUT2D eigenvalue weighted by molar-refractivity contribution is -0.144. The molecule has 0 aromatic carbocycles. The van der Waals surface area contributed by atoms with Gasteiger partial charge in [0.05, 0.1) is 0 Å². The van der Waals surface area contributed by atoms with Gasteiger partial charge >= 0.3 is 12.0 Å². The predicted molar refractivity (Wildman–Crippen MR) is 78.6 cm³/mol. The van der Waals surface area contributed by atoms with E-state index in [1.54, 1.807) is 11.0 Å². The van der Waals surface area contributed by atoms with Crippen LogP contribution in [0.2, 0.25) is 0 Å². The summed E-state index contributed by atoms with van der Waals surface area (Å²) in [5, 5.41) is 9.36. The maximum absolute atomic E-state index is 12.7. The third-order valence-electron chi connectivity index (χ3n) is 3.75. The summed E-state index contributed by atoms with van der Waals surface area (Å²) < 4.78 is 0. The van der Waals surface area contributed by atoms with Crippen LogP contribution in [0.15, 0.2) is 12.7 Å². The fraction of sp³-hybridized carbons (Fsp3) is 0.733. The minimum Gasteiger partial charge on any atom is -0.480 e. The molecule has 2 amide bonds. The van der Waals surface area contributed by atoms with Gasteiger partial charge in [0.25, 0.3) is 0 Å². The standard InChI is InChI=1S/C15H26N2O3/c1-6-8-17(15(3,4)5)14(20)16-9-7-11(2)10-12(16)13(18)19/h6,11-12H,1,7-10H2,2-5H3,(H,18,19). The largest absolute Gasteiger partial charge is 0.480 e. The van der Waals surface area contributed by atoms with Gasteiger partial charge in [-0.3, -0.25) is 0 Å². The molecular formula is C15H26N2O3. The molecule has 0 bridgehead atoms. The molecular weight excluding hydrogens is 256 g/mol. The highest BCUT2D eigenvalue weighted by Gasteiger charge is 2.38. The highest BCUT2D eigenvalue weighted by Crippen LogP contribution is 2.26. The van der Waals surface area contributed by atoms with Crippen molar-refractivity contribution in [3.05, 3.63) is 12.7 Å². The number of hydrogen-bond acceptors (Lipinski definition) is 2. The molecule has 1 heterocycles. The van der Waals surface area contributed by atoms with E-state index in [9.17, 15) is 14.7 Å². The lowest BCUT2D eigenvalue weighted by atomic mass is 9.92. The number of amides is 2. The van der Waals surface area contributed by atoms with E-state index >= 15 is 0 Å². The van der Waals surface area contributed by atoms with E-state index in [1.807, 2.05) is 27.7 Å². The Kier molecular flexibility index (Phi) is 5.20. The second-order valence-electron chi connectivity index (χ2n) is 6.53. The number of carbonyl (C=O) groups is 2. The van der Waals surface area contributed by atoms with Crippen LogP contribution in [0.1, 0.15) is 40.5 Å². The first-order valence-corrected chi connectivity index (χ1v) is 7.10. The number of piperidine rings is 1. The third kappa shape index (κ3) is 3.74. The van der Waals surface area contributed by atoms with E-state index in [0.29, 0.717) is 25.4 Å². The number of carbonyl (C=O) groups excluding carboxylic acids is 1. The summed E-state index contributed by atoms with van der Waals surface area (Å²) in [5.41, 5.74) is -0.364. The number of hydrogen-bond donors (Lipinski definition) is 1. The first-order valence-electron chi connectivity index (χ1n) is 7.10. The Labute approximate surface area is 121 Å². The van der Waals surface area contributed by atoms with E-state index in [-0.39, 0.29) is 11.6 Å². The Morgan fingerprint density at radius 3 is 2.50 bits per heavy atom. The van der Waals surface area contributed by atoms with Crippen LogP contribution in [-0.2, 0) is 4.79 Å². The minimum atomic E-state index is -0.919. The summed E-state index contributed by atoms with van der Waals surface area (Å²) in [7, 11) is 0. The lowest BCUT2D eigenvalue weighted by Gasteiger charge is -2.43. The second kappa shape index (κ2) is 6.29. The number of carboxylic acid groups (broad SMARTS) is 1. The van der Waals surface area contributed by atoms with Crippen molar-refractivity contribution >= 4 is 12.0 Å². The number of carboxylic acids is 1. The second-order valence-corrected chi connectivity index (χ2v) is 6.53. The molecule has 0 aromatic heterocycles. The van der Waals surface area contributed by atoms with E-state index < -0.39 is 12.0 Å². The predicted octanol–water partition coefficient (Wildman–Crippen LogP) is 2.58. The molecule has 0 spiro atoms. The van der Waals surface area contributed by atoms with E-state index in [2.05, 4.69) is 6.58 Å². The topological polar surface area (TPSA) is 60.9 Å². The lowest BCUT2D eigenvalue weighted by Crippen LogP contribution is -2.58. The summed E-state index contributed by atoms with van der Waals surface area (Å²) in [6, 6.07) is -0.933. The van der Waals surface area contributed by atoms with Crippen molar-refractivity contribution in [2.45, 2.75) is 52.1 Å². The Morgan fingerprint density at radius 1 is 1.45 bits per heavy atom. The molecule has 0 saturated carbocycles. The molecule has 2 atom stereocenters. The zero-order chi connectivity index (χ0) is 15.5. The van der Waals surface area contributed by atoms with Gasteiger partial charge in [0.15, 0.2) is 0 Å². The fourth-order valence-corrected chi connectivity index (χ4v) is 2.53. The van der Waals surface area contributed by atoms with Gasteiger partial charge in [0.1, 0.15) is 6.04 Å². The molecule has 1 N–H and O–H groups in total. The molecule has 0 aromatic rings. The Bertz CT molecular complexity index is 387. The zero-order valence-corrected chi connectivity index (χ0v) is 12.9. The summed E-state index contributed by atoms with van der Waals surface area (Å²) >= 11 is 0. The third-order valence-corrected chi connectivity index (χ3v) is 3.75. The molecule has 1 saturated heterocycles. The fourth-order valence-electron chi connectivity index (χ4n) is 2.53. The number of likely N-dealkylation sites (tertiary alicyclic amines) is 1. The number of rotatable bonds is 3. The first kappa shape index (κ1) is 16.5. The molecule has 20 heavy (non-hydrogen) atoms. The molecule has 0 radical (unpaired) electrons. The Hall–Kier alpha value is -1.52. The highest BCUT2D eigenvalue weighted by molar-refractivity contribution is 5.83. The van der Waals surface area contributed by atoms with Crippen molar-refractivity contribution in [3.8, 4) is 0 Å². The number of aliphatic carboxylic acids is 1. The summed E-state index contributed by atoms with van der Waals surface area (Å²) in [6.45, 7) is 12.5. The summed E-state index contributed by atoms with van der Waals surface area (Å²) in [6.07, 6.45) is 3.04. The van der Waals surface area contributed by atoms with Gasteiger partial charge in [-0.05, 0) is 39.5 Å². The van der Waals surface area contributed by atoms with Gasteiger partial charge in [-0.2, -0.15) is 0 Å². The van der Waals surface area contributed by atoms with Gasteiger partial charge in [-0.15, -0.1) is 6.58 Å². The number of urea groups is 1. The van der Waals surface area contributed by atoms with Crippen LogP contribution in [0.4, 0.5) is 4.79 Å². The number of nitrogens with zero attached hydrogens (tertiary/aromatic N) is 2. The average molecular weight is 282 g/mol. The van der Waals surface area contributed by atoms with Crippen LogP contribution in [0.3, 0.4) is 0 Å². The molecule has 5 nitrogen and oxygen atoms in total. The van der Waals surface area contributed by atoms with Gasteiger partial charge in [0.2, 0.25) is 0 Å². The van der Waals surface area contributed by atoms with Crippen molar-refractivity contribution in [1.82, 2.24) is 9.80 Å². The van der Waals surface area contributed by atoms with Gasteiger partial charge in [0, 0.05) is 18.6 Å². The van der Waals surface area contributed by atoms with Crippen LogP contribution in [-0.4, -0.2) is 51.6 Å². The van der Waals surface area contributed by atoms with E-state index in [4.69, 9.17) is 0 Å². The average Bonchev–Trinajstić information content (AvgIpc) is 2.33. The van der Waals surface area contributed by atoms with Gasteiger partial charge in [-0.25, -0.2) is 9.59 Å². The highest BCUT2D eigenvalue weighted by atomic mass is 16.4. The van der Waals surface area contributed by atoms with Crippen LogP contribution in [0.5, 0.6) is 0 Å². The summed E-state index contributed by atoms with van der Waals surface area (Å²) in [4.78, 5) is 27.3. The molecule has 1 aliphatic heterocycles. The molecule has 114 valence electrons.